The quantitative estimate of drug-likeness (QED) is 0.170. The molecule has 0 radical (unpaired) electrons. The highest BCUT2D eigenvalue weighted by Gasteiger charge is 2.22. The van der Waals surface area contributed by atoms with Gasteiger partial charge in [-0.3, -0.25) is 0 Å². The number of fused-ring (bicyclic) bond motifs is 7. The van der Waals surface area contributed by atoms with E-state index in [9.17, 15) is 0 Å². The monoisotopic (exact) mass is 719 g/mol. The first kappa shape index (κ1) is 31.6. The minimum absolute atomic E-state index is 0.907. The Balaban J connectivity index is 1.11. The number of benzene rings is 9. The standard InChI is InChI=1S/C52H33NOS/c1-2-13-36(14-3-1)42-18-10-19-44-45-20-11-22-48(52(45)55-51(42)44)53(47-21-8-6-16-41(47)39-25-24-34-12-4-5-15-37(34)32-39)40-29-26-35(27-30-40)38-28-31-50-46(33-38)43-17-7-9-23-49(43)54-50/h1-33H. The van der Waals surface area contributed by atoms with Crippen LogP contribution in [0, 0.1) is 0 Å². The van der Waals surface area contributed by atoms with Crippen molar-refractivity contribution in [1.82, 2.24) is 0 Å². The van der Waals surface area contributed by atoms with Crippen molar-refractivity contribution in [2.75, 3.05) is 4.90 Å². The van der Waals surface area contributed by atoms with Gasteiger partial charge in [0.1, 0.15) is 11.2 Å². The molecule has 0 aliphatic heterocycles. The third-order valence-electron chi connectivity index (χ3n) is 10.9. The summed E-state index contributed by atoms with van der Waals surface area (Å²) in [6, 6.07) is 72.3. The van der Waals surface area contributed by atoms with Crippen LogP contribution in [0.5, 0.6) is 0 Å². The first-order valence-corrected chi connectivity index (χ1v) is 19.5. The molecule has 11 rings (SSSR count). The number of furan rings is 1. The molecule has 11 aromatic rings. The average molecular weight is 720 g/mol. The Bertz CT molecular complexity index is 3210. The molecule has 55 heavy (non-hydrogen) atoms. The molecule has 9 aromatic carbocycles. The van der Waals surface area contributed by atoms with Crippen molar-refractivity contribution in [3.63, 3.8) is 0 Å². The van der Waals surface area contributed by atoms with Crippen LogP contribution in [-0.2, 0) is 0 Å². The molecule has 0 aliphatic carbocycles. The van der Waals surface area contributed by atoms with Crippen molar-refractivity contribution in [1.29, 1.82) is 0 Å². The number of hydrogen-bond acceptors (Lipinski definition) is 3. The van der Waals surface area contributed by atoms with Gasteiger partial charge < -0.3 is 9.32 Å². The lowest BCUT2D eigenvalue weighted by molar-refractivity contribution is 0.669. The minimum Gasteiger partial charge on any atom is -0.456 e. The van der Waals surface area contributed by atoms with Crippen molar-refractivity contribution in [2.45, 2.75) is 0 Å². The molecule has 3 heteroatoms. The first-order valence-electron chi connectivity index (χ1n) is 18.7. The van der Waals surface area contributed by atoms with E-state index < -0.39 is 0 Å². The van der Waals surface area contributed by atoms with Gasteiger partial charge in [-0.15, -0.1) is 11.3 Å². The number of nitrogens with zero attached hydrogens (tertiary/aromatic N) is 1. The fourth-order valence-electron chi connectivity index (χ4n) is 8.21. The minimum atomic E-state index is 0.907. The Morgan fingerprint density at radius 1 is 0.345 bits per heavy atom. The second-order valence-electron chi connectivity index (χ2n) is 14.1. The van der Waals surface area contributed by atoms with Gasteiger partial charge in [0, 0.05) is 37.5 Å². The summed E-state index contributed by atoms with van der Waals surface area (Å²) in [5.74, 6) is 0. The number of hydrogen-bond donors (Lipinski definition) is 0. The van der Waals surface area contributed by atoms with E-state index in [1.54, 1.807) is 0 Å². The van der Waals surface area contributed by atoms with E-state index in [1.165, 1.54) is 53.2 Å². The molecular formula is C52H33NOS. The van der Waals surface area contributed by atoms with Crippen LogP contribution in [0.15, 0.2) is 205 Å². The average Bonchev–Trinajstić information content (AvgIpc) is 3.83. The maximum atomic E-state index is 6.15. The molecule has 0 atom stereocenters. The third kappa shape index (κ3) is 5.32. The second-order valence-corrected chi connectivity index (χ2v) is 15.1. The number of thiophene rings is 1. The molecule has 2 nitrogen and oxygen atoms in total. The van der Waals surface area contributed by atoms with E-state index >= 15 is 0 Å². The molecule has 2 heterocycles. The summed E-state index contributed by atoms with van der Waals surface area (Å²) in [4.78, 5) is 2.46. The second kappa shape index (κ2) is 12.9. The molecule has 0 N–H and O–H groups in total. The lowest BCUT2D eigenvalue weighted by Crippen LogP contribution is -2.11. The third-order valence-corrected chi connectivity index (χ3v) is 12.1. The Morgan fingerprint density at radius 3 is 1.87 bits per heavy atom. The van der Waals surface area contributed by atoms with E-state index in [2.05, 4.69) is 193 Å². The molecule has 258 valence electrons. The molecule has 0 saturated heterocycles. The predicted molar refractivity (Wildman–Crippen MR) is 235 cm³/mol. The van der Waals surface area contributed by atoms with Gasteiger partial charge in [0.15, 0.2) is 0 Å². The molecule has 0 aliphatic rings. The fourth-order valence-corrected chi connectivity index (χ4v) is 9.55. The maximum Gasteiger partial charge on any atom is 0.135 e. The van der Waals surface area contributed by atoms with E-state index in [0.717, 1.165) is 50.1 Å². The Morgan fingerprint density at radius 2 is 0.982 bits per heavy atom. The Kier molecular flexibility index (Phi) is 7.39. The SMILES string of the molecule is c1ccc(-c2cccc3c2sc2c(N(c4ccc(-c5ccc6oc7ccccc7c6c5)cc4)c4ccccc4-c4ccc5ccccc5c4)cccc23)cc1. The molecule has 0 saturated carbocycles. The van der Waals surface area contributed by atoms with Crippen LogP contribution in [0.3, 0.4) is 0 Å². The molecular weight excluding hydrogens is 687 g/mol. The molecule has 0 spiro atoms. The highest BCUT2D eigenvalue weighted by molar-refractivity contribution is 7.27. The fraction of sp³-hybridized carbons (Fsp3) is 0. The summed E-state index contributed by atoms with van der Waals surface area (Å²) >= 11 is 1.88. The van der Waals surface area contributed by atoms with Gasteiger partial charge in [-0.25, -0.2) is 0 Å². The van der Waals surface area contributed by atoms with Gasteiger partial charge >= 0.3 is 0 Å². The molecule has 0 fully saturated rings. The summed E-state index contributed by atoms with van der Waals surface area (Å²) in [6.45, 7) is 0. The van der Waals surface area contributed by atoms with Crippen molar-refractivity contribution in [2.24, 2.45) is 0 Å². The summed E-state index contributed by atoms with van der Waals surface area (Å²) in [7, 11) is 0. The summed E-state index contributed by atoms with van der Waals surface area (Å²) in [6.07, 6.45) is 0. The zero-order valence-corrected chi connectivity index (χ0v) is 30.6. The van der Waals surface area contributed by atoms with Crippen LogP contribution in [0.4, 0.5) is 17.1 Å². The highest BCUT2D eigenvalue weighted by Crippen LogP contribution is 2.49. The van der Waals surface area contributed by atoms with Crippen LogP contribution in [0.25, 0.3) is 86.3 Å². The van der Waals surface area contributed by atoms with Gasteiger partial charge in [-0.1, -0.05) is 152 Å². The number of rotatable bonds is 6. The van der Waals surface area contributed by atoms with E-state index in [0.29, 0.717) is 0 Å². The van der Waals surface area contributed by atoms with Gasteiger partial charge in [-0.2, -0.15) is 0 Å². The van der Waals surface area contributed by atoms with Gasteiger partial charge in [0.05, 0.1) is 16.1 Å². The number of para-hydroxylation sites is 2. The van der Waals surface area contributed by atoms with Crippen molar-refractivity contribution in [3.8, 4) is 33.4 Å². The van der Waals surface area contributed by atoms with E-state index in [-0.39, 0.29) is 0 Å². The van der Waals surface area contributed by atoms with E-state index in [4.69, 9.17) is 4.42 Å². The van der Waals surface area contributed by atoms with Gasteiger partial charge in [0.25, 0.3) is 0 Å². The first-order chi connectivity index (χ1) is 27.3. The van der Waals surface area contributed by atoms with Crippen molar-refractivity contribution >= 4 is 81.3 Å². The van der Waals surface area contributed by atoms with Gasteiger partial charge in [0.2, 0.25) is 0 Å². The molecule has 0 unspecified atom stereocenters. The maximum absolute atomic E-state index is 6.15. The largest absolute Gasteiger partial charge is 0.456 e. The van der Waals surface area contributed by atoms with Gasteiger partial charge in [-0.05, 0) is 87.1 Å². The zero-order valence-electron chi connectivity index (χ0n) is 29.8. The smallest absolute Gasteiger partial charge is 0.135 e. The van der Waals surface area contributed by atoms with E-state index in [1.807, 2.05) is 23.5 Å². The predicted octanol–water partition coefficient (Wildman–Crippen LogP) is 15.6. The number of anilines is 3. The lowest BCUT2D eigenvalue weighted by Gasteiger charge is -2.28. The van der Waals surface area contributed by atoms with Crippen molar-refractivity contribution < 1.29 is 4.42 Å². The topological polar surface area (TPSA) is 16.4 Å². The van der Waals surface area contributed by atoms with Crippen LogP contribution in [-0.4, -0.2) is 0 Å². The summed E-state index contributed by atoms with van der Waals surface area (Å²) in [5, 5.41) is 7.29. The van der Waals surface area contributed by atoms with Crippen molar-refractivity contribution in [3.05, 3.63) is 200 Å². The Labute approximate surface area is 322 Å². The van der Waals surface area contributed by atoms with Crippen LogP contribution < -0.4 is 4.90 Å². The normalized spacial score (nSPS) is 11.6. The molecule has 0 amide bonds. The van der Waals surface area contributed by atoms with Crippen LogP contribution in [0.1, 0.15) is 0 Å². The highest BCUT2D eigenvalue weighted by atomic mass is 32.1. The zero-order chi connectivity index (χ0) is 36.3. The summed E-state index contributed by atoms with van der Waals surface area (Å²) < 4.78 is 8.71. The lowest BCUT2D eigenvalue weighted by atomic mass is 9.98. The molecule has 0 bridgehead atoms. The van der Waals surface area contributed by atoms with Crippen LogP contribution >= 0.6 is 11.3 Å². The Hall–Kier alpha value is -6.94. The van der Waals surface area contributed by atoms with Crippen LogP contribution in [0.2, 0.25) is 0 Å². The summed E-state index contributed by atoms with van der Waals surface area (Å²) in [5.41, 5.74) is 12.4. The molecule has 2 aromatic heterocycles.